The van der Waals surface area contributed by atoms with Crippen molar-refractivity contribution >= 4 is 15.9 Å². The number of rotatable bonds is 12. The van der Waals surface area contributed by atoms with E-state index in [2.05, 4.69) is 15.0 Å². The molecule has 0 aliphatic heterocycles. The van der Waals surface area contributed by atoms with Gasteiger partial charge in [-0.25, -0.2) is 13.1 Å². The van der Waals surface area contributed by atoms with Crippen LogP contribution < -0.4 is 10.0 Å². The quantitative estimate of drug-likeness (QED) is 0.365. The first-order valence-corrected chi connectivity index (χ1v) is 12.5. The number of aromatic nitrogens is 1. The third kappa shape index (κ3) is 8.29. The second kappa shape index (κ2) is 12.3. The number of nitrogens with zero attached hydrogens (tertiary/aromatic N) is 1. The molecule has 0 spiro atoms. The SMILES string of the molecule is CCCCNS(=O)(=O)C[C@H](O)[C@@H](O)[C@H](CC1CCCCC1)NC(=O)c1cccnc1. The van der Waals surface area contributed by atoms with Gasteiger partial charge in [-0.05, 0) is 30.9 Å². The fraction of sp³-hybridized carbons (Fsp3) is 0.714. The Labute approximate surface area is 179 Å². The lowest BCUT2D eigenvalue weighted by Crippen LogP contribution is -2.52. The molecule has 1 aromatic heterocycles. The van der Waals surface area contributed by atoms with Gasteiger partial charge in [-0.1, -0.05) is 45.4 Å². The molecule has 170 valence electrons. The number of hydrogen-bond donors (Lipinski definition) is 4. The minimum Gasteiger partial charge on any atom is -0.389 e. The van der Waals surface area contributed by atoms with Crippen molar-refractivity contribution in [2.75, 3.05) is 12.3 Å². The summed E-state index contributed by atoms with van der Waals surface area (Å²) in [6.45, 7) is 2.25. The van der Waals surface area contributed by atoms with E-state index in [0.29, 0.717) is 30.9 Å². The van der Waals surface area contributed by atoms with Crippen LogP contribution in [0.15, 0.2) is 24.5 Å². The number of amides is 1. The summed E-state index contributed by atoms with van der Waals surface area (Å²) in [5.74, 6) is -0.694. The lowest BCUT2D eigenvalue weighted by Gasteiger charge is -2.32. The number of carbonyl (C=O) groups excluding carboxylic acids is 1. The summed E-state index contributed by atoms with van der Waals surface area (Å²) in [4.78, 5) is 16.5. The maximum atomic E-state index is 12.6. The zero-order chi connectivity index (χ0) is 22.0. The molecule has 2 rings (SSSR count). The molecule has 1 heterocycles. The standard InChI is InChI=1S/C21H35N3O5S/c1-2-3-12-23-30(28,29)15-19(25)20(26)18(13-16-8-5-4-6-9-16)24-21(27)17-10-7-11-22-14-17/h7,10-11,14,16,18-20,23,25-26H,2-6,8-9,12-13,15H2,1H3,(H,24,27)/t18-,19-,20-/m0/s1. The molecule has 0 radical (unpaired) electrons. The van der Waals surface area contributed by atoms with Gasteiger partial charge in [0.25, 0.3) is 5.91 Å². The van der Waals surface area contributed by atoms with E-state index >= 15 is 0 Å². The molecule has 8 nitrogen and oxygen atoms in total. The third-order valence-electron chi connectivity index (χ3n) is 5.60. The third-order valence-corrected chi connectivity index (χ3v) is 7.03. The van der Waals surface area contributed by atoms with Crippen molar-refractivity contribution in [2.45, 2.75) is 76.5 Å². The lowest BCUT2D eigenvalue weighted by molar-refractivity contribution is 0.00200. The van der Waals surface area contributed by atoms with Crippen LogP contribution in [0.25, 0.3) is 0 Å². The number of sulfonamides is 1. The van der Waals surface area contributed by atoms with E-state index in [1.807, 2.05) is 6.92 Å². The molecule has 1 saturated carbocycles. The molecule has 1 aliphatic carbocycles. The molecule has 0 aromatic carbocycles. The van der Waals surface area contributed by atoms with Gasteiger partial charge in [0, 0.05) is 18.9 Å². The van der Waals surface area contributed by atoms with Crippen LogP contribution in [0.1, 0.15) is 68.6 Å². The van der Waals surface area contributed by atoms with Gasteiger partial charge >= 0.3 is 0 Å². The zero-order valence-corrected chi connectivity index (χ0v) is 18.5. The fourth-order valence-electron chi connectivity index (χ4n) is 3.87. The Morgan fingerprint density at radius 2 is 2.00 bits per heavy atom. The minimum absolute atomic E-state index is 0.297. The summed E-state index contributed by atoms with van der Waals surface area (Å²) in [5.41, 5.74) is 0.349. The predicted octanol–water partition coefficient (Wildman–Crippen LogP) is 1.59. The van der Waals surface area contributed by atoms with Crippen molar-refractivity contribution in [3.05, 3.63) is 30.1 Å². The van der Waals surface area contributed by atoms with Crippen LogP contribution in [0.4, 0.5) is 0 Å². The van der Waals surface area contributed by atoms with Gasteiger partial charge in [0.1, 0.15) is 6.10 Å². The topological polar surface area (TPSA) is 129 Å². The van der Waals surface area contributed by atoms with Crippen LogP contribution in [0, 0.1) is 5.92 Å². The Morgan fingerprint density at radius 1 is 1.27 bits per heavy atom. The molecule has 1 aliphatic rings. The monoisotopic (exact) mass is 441 g/mol. The second-order valence-electron chi connectivity index (χ2n) is 8.15. The first kappa shape index (κ1) is 24.7. The van der Waals surface area contributed by atoms with Crippen LogP contribution >= 0.6 is 0 Å². The van der Waals surface area contributed by atoms with E-state index in [-0.39, 0.29) is 0 Å². The molecule has 30 heavy (non-hydrogen) atoms. The maximum Gasteiger partial charge on any atom is 0.253 e. The summed E-state index contributed by atoms with van der Waals surface area (Å²) < 4.78 is 26.8. The van der Waals surface area contributed by atoms with Crippen molar-refractivity contribution in [2.24, 2.45) is 5.92 Å². The van der Waals surface area contributed by atoms with Gasteiger partial charge in [-0.3, -0.25) is 9.78 Å². The highest BCUT2D eigenvalue weighted by Gasteiger charge is 2.33. The first-order chi connectivity index (χ1) is 14.3. The molecule has 0 unspecified atom stereocenters. The molecule has 1 fully saturated rings. The Bertz CT molecular complexity index is 738. The van der Waals surface area contributed by atoms with E-state index in [1.54, 1.807) is 18.3 Å². The number of unbranched alkanes of at least 4 members (excludes halogenated alkanes) is 1. The lowest BCUT2D eigenvalue weighted by atomic mass is 9.83. The average molecular weight is 442 g/mol. The normalized spacial score (nSPS) is 18.5. The van der Waals surface area contributed by atoms with Crippen LogP contribution in [-0.4, -0.2) is 60.1 Å². The molecular weight excluding hydrogens is 406 g/mol. The predicted molar refractivity (Wildman–Crippen MR) is 115 cm³/mol. The smallest absolute Gasteiger partial charge is 0.253 e. The van der Waals surface area contributed by atoms with Crippen LogP contribution in [0.3, 0.4) is 0 Å². The van der Waals surface area contributed by atoms with Gasteiger partial charge in [0.05, 0.1) is 23.5 Å². The average Bonchev–Trinajstić information content (AvgIpc) is 2.73. The number of carbonyl (C=O) groups is 1. The van der Waals surface area contributed by atoms with E-state index in [1.165, 1.54) is 12.6 Å². The molecule has 0 saturated heterocycles. The van der Waals surface area contributed by atoms with E-state index < -0.39 is 39.9 Å². The van der Waals surface area contributed by atoms with Gasteiger partial charge in [-0.2, -0.15) is 0 Å². The van der Waals surface area contributed by atoms with Crippen molar-refractivity contribution in [3.8, 4) is 0 Å². The molecule has 1 aromatic rings. The summed E-state index contributed by atoms with van der Waals surface area (Å²) in [5, 5.41) is 24.0. The molecule has 0 bridgehead atoms. The Morgan fingerprint density at radius 3 is 2.63 bits per heavy atom. The van der Waals surface area contributed by atoms with Crippen molar-refractivity contribution in [3.63, 3.8) is 0 Å². The van der Waals surface area contributed by atoms with Gasteiger partial charge < -0.3 is 15.5 Å². The maximum absolute atomic E-state index is 12.6. The number of aliphatic hydroxyl groups is 2. The summed E-state index contributed by atoms with van der Waals surface area (Å²) >= 11 is 0. The van der Waals surface area contributed by atoms with Crippen molar-refractivity contribution in [1.29, 1.82) is 0 Å². The van der Waals surface area contributed by atoms with E-state index in [4.69, 9.17) is 0 Å². The molecule has 4 N–H and O–H groups in total. The highest BCUT2D eigenvalue weighted by molar-refractivity contribution is 7.89. The zero-order valence-electron chi connectivity index (χ0n) is 17.7. The van der Waals surface area contributed by atoms with E-state index in [0.717, 1.165) is 32.1 Å². The number of pyridine rings is 1. The van der Waals surface area contributed by atoms with Gasteiger partial charge in [0.15, 0.2) is 0 Å². The molecule has 1 amide bonds. The van der Waals surface area contributed by atoms with Crippen LogP contribution in [0.5, 0.6) is 0 Å². The van der Waals surface area contributed by atoms with Crippen molar-refractivity contribution < 1.29 is 23.4 Å². The largest absolute Gasteiger partial charge is 0.389 e. The molecular formula is C21H35N3O5S. The van der Waals surface area contributed by atoms with Crippen molar-refractivity contribution in [1.82, 2.24) is 15.0 Å². The van der Waals surface area contributed by atoms with Gasteiger partial charge in [-0.15, -0.1) is 0 Å². The number of nitrogens with one attached hydrogen (secondary N) is 2. The summed E-state index contributed by atoms with van der Waals surface area (Å²) in [6.07, 6.45) is 7.50. The van der Waals surface area contributed by atoms with Crippen LogP contribution in [0.2, 0.25) is 0 Å². The number of hydrogen-bond acceptors (Lipinski definition) is 6. The fourth-order valence-corrected chi connectivity index (χ4v) is 5.09. The second-order valence-corrected chi connectivity index (χ2v) is 10.0. The Balaban J connectivity index is 2.06. The number of aliphatic hydroxyl groups excluding tert-OH is 2. The molecule has 3 atom stereocenters. The molecule has 9 heteroatoms. The highest BCUT2D eigenvalue weighted by Crippen LogP contribution is 2.28. The van der Waals surface area contributed by atoms with Gasteiger partial charge in [0.2, 0.25) is 10.0 Å². The highest BCUT2D eigenvalue weighted by atomic mass is 32.2. The first-order valence-electron chi connectivity index (χ1n) is 10.9. The Kier molecular flexibility index (Phi) is 10.2. The Hall–Kier alpha value is -1.55. The minimum atomic E-state index is -3.73. The summed E-state index contributed by atoms with van der Waals surface area (Å²) in [7, 11) is -3.73. The summed E-state index contributed by atoms with van der Waals surface area (Å²) in [6, 6.07) is 2.51. The van der Waals surface area contributed by atoms with E-state index in [9.17, 15) is 23.4 Å². The van der Waals surface area contributed by atoms with Crippen LogP contribution in [-0.2, 0) is 10.0 Å².